The summed E-state index contributed by atoms with van der Waals surface area (Å²) in [5, 5.41) is 0.490. The molecule has 1 aromatic heterocycles. The van der Waals surface area contributed by atoms with Gasteiger partial charge in [0.05, 0.1) is 16.9 Å². The molecule has 76 valence electrons. The molecule has 15 heavy (non-hydrogen) atoms. The Morgan fingerprint density at radius 1 is 1.07 bits per heavy atom. The lowest BCUT2D eigenvalue weighted by molar-refractivity contribution is 0.628. The van der Waals surface area contributed by atoms with Crippen molar-refractivity contribution < 1.29 is 4.39 Å². The molecule has 2 aromatic rings. The van der Waals surface area contributed by atoms with E-state index < -0.39 is 0 Å². The van der Waals surface area contributed by atoms with Crippen LogP contribution in [0.5, 0.6) is 0 Å². The number of nitrogens with zero attached hydrogens (tertiary/aromatic N) is 2. The van der Waals surface area contributed by atoms with E-state index in [9.17, 15) is 4.39 Å². The molecule has 0 saturated heterocycles. The van der Waals surface area contributed by atoms with Crippen LogP contribution in [-0.2, 0) is 0 Å². The van der Waals surface area contributed by atoms with Crippen LogP contribution in [0.1, 0.15) is 0 Å². The lowest BCUT2D eigenvalue weighted by Gasteiger charge is -2.02. The molecule has 0 N–H and O–H groups in total. The van der Waals surface area contributed by atoms with Crippen molar-refractivity contribution in [3.63, 3.8) is 0 Å². The van der Waals surface area contributed by atoms with E-state index in [-0.39, 0.29) is 11.1 Å². The van der Waals surface area contributed by atoms with Gasteiger partial charge in [-0.2, -0.15) is 0 Å². The molecule has 0 aliphatic carbocycles. The monoisotopic (exact) mass is 242 g/mol. The van der Waals surface area contributed by atoms with Gasteiger partial charge < -0.3 is 0 Å². The average molecular weight is 243 g/mol. The molecule has 0 bridgehead atoms. The highest BCUT2D eigenvalue weighted by molar-refractivity contribution is 6.33. The van der Waals surface area contributed by atoms with Crippen LogP contribution in [0.2, 0.25) is 10.3 Å². The summed E-state index contributed by atoms with van der Waals surface area (Å²) in [7, 11) is 0. The number of halogens is 3. The van der Waals surface area contributed by atoms with Crippen LogP contribution in [0, 0.1) is 5.82 Å². The Balaban J connectivity index is 2.53. The molecule has 0 fully saturated rings. The van der Waals surface area contributed by atoms with Crippen molar-refractivity contribution in [3.8, 4) is 11.3 Å². The van der Waals surface area contributed by atoms with E-state index in [0.717, 1.165) is 0 Å². The topological polar surface area (TPSA) is 25.8 Å². The molecule has 0 radical (unpaired) electrons. The molecular formula is C10H5Cl2FN2. The maximum Gasteiger partial charge on any atom is 0.222 e. The first-order valence-corrected chi connectivity index (χ1v) is 4.86. The summed E-state index contributed by atoms with van der Waals surface area (Å²) in [6.45, 7) is 0. The van der Waals surface area contributed by atoms with Gasteiger partial charge in [-0.05, 0) is 35.9 Å². The van der Waals surface area contributed by atoms with Gasteiger partial charge in [-0.3, -0.25) is 0 Å². The van der Waals surface area contributed by atoms with Gasteiger partial charge in [-0.25, -0.2) is 14.4 Å². The summed E-state index contributed by atoms with van der Waals surface area (Å²) < 4.78 is 12.7. The Morgan fingerprint density at radius 3 is 2.40 bits per heavy atom. The average Bonchev–Trinajstić information content (AvgIpc) is 2.23. The minimum absolute atomic E-state index is 0.110. The van der Waals surface area contributed by atoms with Crippen molar-refractivity contribution in [2.45, 2.75) is 0 Å². The molecule has 0 aliphatic heterocycles. The highest BCUT2D eigenvalue weighted by atomic mass is 35.5. The molecule has 1 heterocycles. The van der Waals surface area contributed by atoms with Crippen LogP contribution >= 0.6 is 23.2 Å². The van der Waals surface area contributed by atoms with Gasteiger partial charge in [-0.1, -0.05) is 11.6 Å². The Kier molecular flexibility index (Phi) is 2.84. The molecule has 0 amide bonds. The third kappa shape index (κ3) is 2.25. The van der Waals surface area contributed by atoms with E-state index in [1.54, 1.807) is 12.1 Å². The van der Waals surface area contributed by atoms with E-state index in [2.05, 4.69) is 9.97 Å². The van der Waals surface area contributed by atoms with Gasteiger partial charge in [-0.15, -0.1) is 0 Å². The van der Waals surface area contributed by atoms with E-state index in [1.165, 1.54) is 18.3 Å². The van der Waals surface area contributed by atoms with Gasteiger partial charge in [0.2, 0.25) is 5.28 Å². The van der Waals surface area contributed by atoms with E-state index in [4.69, 9.17) is 23.2 Å². The number of aromatic nitrogens is 2. The summed E-state index contributed by atoms with van der Waals surface area (Å²) >= 11 is 11.5. The zero-order valence-corrected chi connectivity index (χ0v) is 8.93. The third-order valence-electron chi connectivity index (χ3n) is 1.83. The number of benzene rings is 1. The lowest BCUT2D eigenvalue weighted by Crippen LogP contribution is -1.88. The second-order valence-corrected chi connectivity index (χ2v) is 3.59. The van der Waals surface area contributed by atoms with Crippen molar-refractivity contribution >= 4 is 23.2 Å². The summed E-state index contributed by atoms with van der Waals surface area (Å²) in [4.78, 5) is 7.70. The van der Waals surface area contributed by atoms with Crippen molar-refractivity contribution in [2.24, 2.45) is 0 Å². The zero-order chi connectivity index (χ0) is 10.8. The third-order valence-corrected chi connectivity index (χ3v) is 2.29. The first-order chi connectivity index (χ1) is 7.16. The highest BCUT2D eigenvalue weighted by Crippen LogP contribution is 2.25. The van der Waals surface area contributed by atoms with Gasteiger partial charge in [0.1, 0.15) is 5.82 Å². The minimum Gasteiger partial charge on any atom is -0.225 e. The quantitative estimate of drug-likeness (QED) is 0.715. The highest BCUT2D eigenvalue weighted by Gasteiger charge is 2.06. The first kappa shape index (κ1) is 10.3. The predicted molar refractivity (Wildman–Crippen MR) is 57.4 cm³/mol. The number of rotatable bonds is 1. The molecule has 2 rings (SSSR count). The molecule has 2 nitrogen and oxygen atoms in total. The fraction of sp³-hybridized carbons (Fsp3) is 0. The van der Waals surface area contributed by atoms with Crippen LogP contribution in [0.15, 0.2) is 30.5 Å². The van der Waals surface area contributed by atoms with E-state index in [1.807, 2.05) is 0 Å². The second-order valence-electron chi connectivity index (χ2n) is 2.84. The number of hydrogen-bond acceptors (Lipinski definition) is 2. The van der Waals surface area contributed by atoms with Crippen molar-refractivity contribution in [2.75, 3.05) is 0 Å². The number of hydrogen-bond donors (Lipinski definition) is 0. The standard InChI is InChI=1S/C10H5Cl2FN2/c11-8-5-14-10(12)15-9(8)6-1-3-7(13)4-2-6/h1-5H. The van der Waals surface area contributed by atoms with Crippen LogP contribution in [0.4, 0.5) is 4.39 Å². The molecule has 0 aliphatic rings. The normalized spacial score (nSPS) is 10.3. The van der Waals surface area contributed by atoms with Crippen LogP contribution < -0.4 is 0 Å². The summed E-state index contributed by atoms with van der Waals surface area (Å²) in [6.07, 6.45) is 1.41. The Bertz CT molecular complexity index is 485. The molecular weight excluding hydrogens is 238 g/mol. The Hall–Kier alpha value is -1.19. The molecule has 0 spiro atoms. The van der Waals surface area contributed by atoms with E-state index >= 15 is 0 Å². The SMILES string of the molecule is Fc1ccc(-c2nc(Cl)ncc2Cl)cc1. The van der Waals surface area contributed by atoms with Crippen molar-refractivity contribution in [1.82, 2.24) is 9.97 Å². The minimum atomic E-state index is -0.310. The zero-order valence-electron chi connectivity index (χ0n) is 7.42. The predicted octanol–water partition coefficient (Wildman–Crippen LogP) is 3.59. The fourth-order valence-electron chi connectivity index (χ4n) is 1.16. The maximum atomic E-state index is 12.7. The summed E-state index contributed by atoms with van der Waals surface area (Å²) in [6, 6.07) is 5.84. The van der Waals surface area contributed by atoms with Crippen LogP contribution in [-0.4, -0.2) is 9.97 Å². The molecule has 0 unspecified atom stereocenters. The van der Waals surface area contributed by atoms with Gasteiger partial charge in [0.25, 0.3) is 0 Å². The Labute approximate surface area is 95.7 Å². The molecule has 1 aromatic carbocycles. The summed E-state index contributed by atoms with van der Waals surface area (Å²) in [5.74, 6) is -0.310. The molecule has 0 saturated carbocycles. The van der Waals surface area contributed by atoms with Gasteiger partial charge in [0, 0.05) is 5.56 Å². The first-order valence-electron chi connectivity index (χ1n) is 4.11. The van der Waals surface area contributed by atoms with Gasteiger partial charge in [0.15, 0.2) is 0 Å². The van der Waals surface area contributed by atoms with Gasteiger partial charge >= 0.3 is 0 Å². The van der Waals surface area contributed by atoms with E-state index in [0.29, 0.717) is 16.3 Å². The van der Waals surface area contributed by atoms with Crippen molar-refractivity contribution in [1.29, 1.82) is 0 Å². The van der Waals surface area contributed by atoms with Crippen LogP contribution in [0.3, 0.4) is 0 Å². The summed E-state index contributed by atoms with van der Waals surface area (Å²) in [5.41, 5.74) is 1.20. The largest absolute Gasteiger partial charge is 0.225 e. The smallest absolute Gasteiger partial charge is 0.222 e. The maximum absolute atomic E-state index is 12.7. The Morgan fingerprint density at radius 2 is 1.73 bits per heavy atom. The van der Waals surface area contributed by atoms with Crippen LogP contribution in [0.25, 0.3) is 11.3 Å². The van der Waals surface area contributed by atoms with Crippen molar-refractivity contribution in [3.05, 3.63) is 46.6 Å². The molecule has 5 heteroatoms. The molecule has 0 atom stereocenters. The lowest BCUT2D eigenvalue weighted by atomic mass is 10.1. The fourth-order valence-corrected chi connectivity index (χ4v) is 1.49. The second kappa shape index (κ2) is 4.13.